The highest BCUT2D eigenvalue weighted by molar-refractivity contribution is 7.93. The van der Waals surface area contributed by atoms with Crippen molar-refractivity contribution < 1.29 is 26.4 Å². The maximum Gasteiger partial charge on any atom is 0.405 e. The molecule has 0 saturated heterocycles. The molecule has 0 saturated carbocycles. The lowest BCUT2D eigenvalue weighted by Gasteiger charge is -2.30. The fourth-order valence-electron chi connectivity index (χ4n) is 2.43. The van der Waals surface area contributed by atoms with Crippen molar-refractivity contribution >= 4 is 21.6 Å². The molecule has 148 valence electrons. The second kappa shape index (κ2) is 8.31. The summed E-state index contributed by atoms with van der Waals surface area (Å²) < 4.78 is 64.3. The molecule has 6 nitrogen and oxygen atoms in total. The minimum atomic E-state index is -4.63. The van der Waals surface area contributed by atoms with Crippen molar-refractivity contribution in [1.82, 2.24) is 5.32 Å². The van der Waals surface area contributed by atoms with Crippen LogP contribution in [-0.2, 0) is 14.8 Å². The molecule has 0 fully saturated rings. The van der Waals surface area contributed by atoms with Crippen molar-refractivity contribution in [1.29, 1.82) is 5.26 Å². The number of nitrogens with zero attached hydrogens (tertiary/aromatic N) is 2. The van der Waals surface area contributed by atoms with E-state index in [2.05, 4.69) is 0 Å². The number of sulfonamides is 1. The Kier molecular flexibility index (Phi) is 6.30. The first kappa shape index (κ1) is 21.2. The van der Waals surface area contributed by atoms with Gasteiger partial charge in [-0.2, -0.15) is 18.4 Å². The number of carbonyl (C=O) groups is 1. The summed E-state index contributed by atoms with van der Waals surface area (Å²) in [4.78, 5) is 12.0. The molecule has 28 heavy (non-hydrogen) atoms. The predicted octanol–water partition coefficient (Wildman–Crippen LogP) is 2.82. The van der Waals surface area contributed by atoms with E-state index >= 15 is 0 Å². The molecule has 0 heterocycles. The van der Waals surface area contributed by atoms with Gasteiger partial charge >= 0.3 is 6.18 Å². The fraction of sp³-hybridized carbons (Fsp3) is 0.222. The molecule has 1 N–H and O–H groups in total. The molecule has 2 aromatic rings. The normalized spacial score (nSPS) is 12.7. The number of alkyl halides is 3. The molecule has 0 bridgehead atoms. The van der Waals surface area contributed by atoms with E-state index in [9.17, 15) is 26.4 Å². The maximum atomic E-state index is 13.2. The Morgan fingerprint density at radius 1 is 1.18 bits per heavy atom. The monoisotopic (exact) mass is 411 g/mol. The standard InChI is InChI=1S/C18H16F3N3O3S/c1-13(17(25)23-12-18(19,20)21)24(15-7-3-2-4-8-15)28(26,27)16-9-5-6-14(10-16)11-22/h2-10,13H,12H2,1H3,(H,23,25)/t13-/m1/s1. The van der Waals surface area contributed by atoms with Crippen molar-refractivity contribution in [2.24, 2.45) is 0 Å². The molecule has 1 amide bonds. The van der Waals surface area contributed by atoms with Gasteiger partial charge in [-0.25, -0.2) is 8.42 Å². The number of carbonyl (C=O) groups excluding carboxylic acids is 1. The molecule has 10 heteroatoms. The number of hydrogen-bond acceptors (Lipinski definition) is 4. The zero-order valence-electron chi connectivity index (χ0n) is 14.6. The third-order valence-electron chi connectivity index (χ3n) is 3.72. The van der Waals surface area contributed by atoms with Crippen LogP contribution in [0.2, 0.25) is 0 Å². The van der Waals surface area contributed by atoms with Crippen LogP contribution >= 0.6 is 0 Å². The molecular weight excluding hydrogens is 395 g/mol. The summed E-state index contributed by atoms with van der Waals surface area (Å²) >= 11 is 0. The first-order valence-corrected chi connectivity index (χ1v) is 9.44. The Bertz CT molecular complexity index is 986. The number of anilines is 1. The van der Waals surface area contributed by atoms with Crippen LogP contribution in [0, 0.1) is 11.3 Å². The van der Waals surface area contributed by atoms with Gasteiger partial charge in [0.05, 0.1) is 22.2 Å². The van der Waals surface area contributed by atoms with Crippen LogP contribution in [0.15, 0.2) is 59.5 Å². The Labute approximate surface area is 160 Å². The molecule has 0 radical (unpaired) electrons. The second-order valence-electron chi connectivity index (χ2n) is 5.79. The van der Waals surface area contributed by atoms with Crippen LogP contribution in [0.4, 0.5) is 18.9 Å². The molecule has 2 aromatic carbocycles. The first-order valence-electron chi connectivity index (χ1n) is 8.00. The Morgan fingerprint density at radius 2 is 1.82 bits per heavy atom. The molecule has 0 unspecified atom stereocenters. The van der Waals surface area contributed by atoms with E-state index in [0.717, 1.165) is 10.4 Å². The van der Waals surface area contributed by atoms with E-state index in [-0.39, 0.29) is 16.1 Å². The number of amides is 1. The van der Waals surface area contributed by atoms with Gasteiger partial charge in [-0.1, -0.05) is 24.3 Å². The molecule has 2 rings (SSSR count). The van der Waals surface area contributed by atoms with E-state index in [4.69, 9.17) is 5.26 Å². The van der Waals surface area contributed by atoms with Gasteiger partial charge in [0.15, 0.2) is 0 Å². The molecule has 1 atom stereocenters. The van der Waals surface area contributed by atoms with Gasteiger partial charge in [0.25, 0.3) is 10.0 Å². The van der Waals surface area contributed by atoms with Gasteiger partial charge in [0, 0.05) is 0 Å². The summed E-state index contributed by atoms with van der Waals surface area (Å²) in [7, 11) is -4.34. The van der Waals surface area contributed by atoms with Crippen molar-refractivity contribution in [2.45, 2.75) is 24.0 Å². The number of hydrogen-bond donors (Lipinski definition) is 1. The van der Waals surface area contributed by atoms with E-state index in [1.165, 1.54) is 49.4 Å². The highest BCUT2D eigenvalue weighted by Crippen LogP contribution is 2.27. The number of nitriles is 1. The van der Waals surface area contributed by atoms with E-state index in [1.807, 2.05) is 6.07 Å². The van der Waals surface area contributed by atoms with Crippen LogP contribution in [-0.4, -0.2) is 33.1 Å². The number of rotatable bonds is 6. The van der Waals surface area contributed by atoms with Gasteiger partial charge in [-0.05, 0) is 37.3 Å². The molecule has 0 aliphatic heterocycles. The average Bonchev–Trinajstić information content (AvgIpc) is 2.66. The molecular formula is C18H16F3N3O3S. The number of nitrogens with one attached hydrogen (secondary N) is 1. The largest absolute Gasteiger partial charge is 0.405 e. The van der Waals surface area contributed by atoms with Gasteiger partial charge in [-0.15, -0.1) is 0 Å². The van der Waals surface area contributed by atoms with Gasteiger partial charge in [-0.3, -0.25) is 9.10 Å². The Morgan fingerprint density at radius 3 is 2.39 bits per heavy atom. The third kappa shape index (κ3) is 5.01. The maximum absolute atomic E-state index is 13.2. The lowest BCUT2D eigenvalue weighted by molar-refractivity contribution is -0.138. The fourth-order valence-corrected chi connectivity index (χ4v) is 4.09. The van der Waals surface area contributed by atoms with E-state index in [0.29, 0.717) is 0 Å². The summed E-state index contributed by atoms with van der Waals surface area (Å²) in [6, 6.07) is 13.0. The van der Waals surface area contributed by atoms with Crippen molar-refractivity contribution in [3.63, 3.8) is 0 Å². The number of benzene rings is 2. The Hall–Kier alpha value is -3.06. The van der Waals surface area contributed by atoms with Crippen LogP contribution < -0.4 is 9.62 Å². The minimum Gasteiger partial charge on any atom is -0.345 e. The quantitative estimate of drug-likeness (QED) is 0.792. The lowest BCUT2D eigenvalue weighted by Crippen LogP contribution is -2.49. The van der Waals surface area contributed by atoms with Crippen LogP contribution in [0.5, 0.6) is 0 Å². The summed E-state index contributed by atoms with van der Waals surface area (Å²) in [5, 5.41) is 10.7. The summed E-state index contributed by atoms with van der Waals surface area (Å²) in [6.07, 6.45) is -4.63. The second-order valence-corrected chi connectivity index (χ2v) is 7.60. The molecule has 0 aromatic heterocycles. The lowest BCUT2D eigenvalue weighted by atomic mass is 10.2. The van der Waals surface area contributed by atoms with E-state index in [1.54, 1.807) is 11.4 Å². The molecule has 0 aliphatic rings. The van der Waals surface area contributed by atoms with E-state index < -0.39 is 34.7 Å². The number of para-hydroxylation sites is 1. The van der Waals surface area contributed by atoms with Gasteiger partial charge in [0.1, 0.15) is 12.6 Å². The van der Waals surface area contributed by atoms with Crippen molar-refractivity contribution in [3.8, 4) is 6.07 Å². The molecule has 0 spiro atoms. The van der Waals surface area contributed by atoms with Crippen molar-refractivity contribution in [2.75, 3.05) is 10.8 Å². The summed E-state index contributed by atoms with van der Waals surface area (Å²) in [5.74, 6) is -1.11. The van der Waals surface area contributed by atoms with Crippen LogP contribution in [0.3, 0.4) is 0 Å². The summed E-state index contributed by atoms with van der Waals surface area (Å²) in [6.45, 7) is -0.396. The van der Waals surface area contributed by atoms with Crippen LogP contribution in [0.25, 0.3) is 0 Å². The first-order chi connectivity index (χ1) is 13.1. The molecule has 0 aliphatic carbocycles. The number of halogens is 3. The third-order valence-corrected chi connectivity index (χ3v) is 5.62. The van der Waals surface area contributed by atoms with Gasteiger partial charge in [0.2, 0.25) is 5.91 Å². The highest BCUT2D eigenvalue weighted by atomic mass is 32.2. The van der Waals surface area contributed by atoms with Crippen LogP contribution in [0.1, 0.15) is 12.5 Å². The Balaban J connectivity index is 2.48. The smallest absolute Gasteiger partial charge is 0.345 e. The highest BCUT2D eigenvalue weighted by Gasteiger charge is 2.35. The zero-order chi connectivity index (χ0) is 20.9. The average molecular weight is 411 g/mol. The van der Waals surface area contributed by atoms with Gasteiger partial charge < -0.3 is 5.32 Å². The topological polar surface area (TPSA) is 90.3 Å². The minimum absolute atomic E-state index is 0.0864. The zero-order valence-corrected chi connectivity index (χ0v) is 15.5. The SMILES string of the molecule is C[C@H](C(=O)NCC(F)(F)F)N(c1ccccc1)S(=O)(=O)c1cccc(C#N)c1. The predicted molar refractivity (Wildman–Crippen MR) is 95.8 cm³/mol. The van der Waals surface area contributed by atoms with Crippen molar-refractivity contribution in [3.05, 3.63) is 60.2 Å². The summed E-state index contributed by atoms with van der Waals surface area (Å²) in [5.41, 5.74) is 0.183.